The van der Waals surface area contributed by atoms with Crippen LogP contribution in [0.1, 0.15) is 37.7 Å². The van der Waals surface area contributed by atoms with Crippen molar-refractivity contribution in [2.24, 2.45) is 5.73 Å². The van der Waals surface area contributed by atoms with E-state index in [-0.39, 0.29) is 6.04 Å². The molecule has 2 aromatic rings. The monoisotopic (exact) mass is 259 g/mol. The van der Waals surface area contributed by atoms with Gasteiger partial charge in [0.25, 0.3) is 0 Å². The van der Waals surface area contributed by atoms with Crippen LogP contribution >= 0.6 is 0 Å². The summed E-state index contributed by atoms with van der Waals surface area (Å²) in [7, 11) is 1.67. The van der Waals surface area contributed by atoms with Gasteiger partial charge < -0.3 is 15.0 Å². The van der Waals surface area contributed by atoms with Crippen LogP contribution in [0.3, 0.4) is 0 Å². The Balaban J connectivity index is 2.58. The van der Waals surface area contributed by atoms with Gasteiger partial charge in [-0.3, -0.25) is 0 Å². The molecule has 0 radical (unpaired) electrons. The summed E-state index contributed by atoms with van der Waals surface area (Å²) in [5.74, 6) is 1.88. The van der Waals surface area contributed by atoms with E-state index in [9.17, 15) is 0 Å². The van der Waals surface area contributed by atoms with E-state index >= 15 is 0 Å². The van der Waals surface area contributed by atoms with Crippen molar-refractivity contribution in [2.75, 3.05) is 7.11 Å². The molecule has 2 N–H and O–H groups in total. The summed E-state index contributed by atoms with van der Waals surface area (Å²) in [6, 6.07) is 5.89. The molecule has 19 heavy (non-hydrogen) atoms. The highest BCUT2D eigenvalue weighted by Crippen LogP contribution is 2.30. The molecule has 0 saturated carbocycles. The largest absolute Gasteiger partial charge is 0.496 e. The molecule has 102 valence electrons. The average molecular weight is 259 g/mol. The number of hydrogen-bond acceptors (Lipinski definition) is 3. The van der Waals surface area contributed by atoms with E-state index in [0.717, 1.165) is 35.7 Å². The molecule has 2 rings (SSSR count). The Bertz CT molecular complexity index is 546. The van der Waals surface area contributed by atoms with Gasteiger partial charge in [-0.25, -0.2) is 4.98 Å². The van der Waals surface area contributed by atoms with Crippen molar-refractivity contribution in [3.63, 3.8) is 0 Å². The molecule has 1 aromatic heterocycles. The molecule has 0 saturated heterocycles. The molecule has 1 aromatic carbocycles. The zero-order valence-corrected chi connectivity index (χ0v) is 11.8. The number of aryl methyl sites for hydroxylation is 1. The highest BCUT2D eigenvalue weighted by atomic mass is 16.5. The number of methoxy groups -OCH3 is 1. The van der Waals surface area contributed by atoms with Gasteiger partial charge in [0.1, 0.15) is 11.6 Å². The van der Waals surface area contributed by atoms with Gasteiger partial charge in [-0.05, 0) is 25.5 Å². The van der Waals surface area contributed by atoms with Crippen LogP contribution in [0.15, 0.2) is 30.6 Å². The number of nitrogens with zero attached hydrogens (tertiary/aromatic N) is 2. The number of imidazole rings is 1. The molecule has 0 spiro atoms. The lowest BCUT2D eigenvalue weighted by atomic mass is 10.0. The van der Waals surface area contributed by atoms with Crippen LogP contribution in [0.2, 0.25) is 0 Å². The van der Waals surface area contributed by atoms with Gasteiger partial charge in [0, 0.05) is 30.4 Å². The van der Waals surface area contributed by atoms with Gasteiger partial charge in [-0.2, -0.15) is 0 Å². The Labute approximate surface area is 114 Å². The first-order chi connectivity index (χ1) is 9.19. The molecule has 0 amide bonds. The summed E-state index contributed by atoms with van der Waals surface area (Å²) in [5, 5.41) is 0. The standard InChI is InChI=1S/C15H21N3O/c1-4-6-14-17-9-10-18(14)12-7-5-8-13(19-3)15(12)11(2)16/h5,7-11H,4,6,16H2,1-3H3/t11-/m1/s1. The lowest BCUT2D eigenvalue weighted by Crippen LogP contribution is -2.12. The smallest absolute Gasteiger partial charge is 0.125 e. The maximum atomic E-state index is 6.11. The Morgan fingerprint density at radius 3 is 2.84 bits per heavy atom. The minimum atomic E-state index is -0.0944. The van der Waals surface area contributed by atoms with Crippen molar-refractivity contribution in [3.05, 3.63) is 42.0 Å². The quantitative estimate of drug-likeness (QED) is 0.898. The molecular formula is C15H21N3O. The van der Waals surface area contributed by atoms with Gasteiger partial charge in [0.2, 0.25) is 0 Å². The van der Waals surface area contributed by atoms with E-state index in [1.165, 1.54) is 0 Å². The number of hydrogen-bond donors (Lipinski definition) is 1. The molecule has 4 heteroatoms. The van der Waals surface area contributed by atoms with Gasteiger partial charge in [-0.15, -0.1) is 0 Å². The van der Waals surface area contributed by atoms with Crippen LogP contribution in [0.25, 0.3) is 5.69 Å². The normalized spacial score (nSPS) is 12.4. The van der Waals surface area contributed by atoms with Crippen LogP contribution in [-0.2, 0) is 6.42 Å². The van der Waals surface area contributed by atoms with E-state index in [0.29, 0.717) is 0 Å². The van der Waals surface area contributed by atoms with Crippen molar-refractivity contribution < 1.29 is 4.74 Å². The first-order valence-corrected chi connectivity index (χ1v) is 6.64. The second-order valence-corrected chi connectivity index (χ2v) is 4.65. The van der Waals surface area contributed by atoms with Crippen molar-refractivity contribution in [1.82, 2.24) is 9.55 Å². The highest BCUT2D eigenvalue weighted by molar-refractivity contribution is 5.52. The topological polar surface area (TPSA) is 53.1 Å². The fourth-order valence-corrected chi connectivity index (χ4v) is 2.34. The lowest BCUT2D eigenvalue weighted by Gasteiger charge is -2.18. The van der Waals surface area contributed by atoms with Crippen molar-refractivity contribution in [3.8, 4) is 11.4 Å². The maximum Gasteiger partial charge on any atom is 0.125 e. The predicted octanol–water partition coefficient (Wildman–Crippen LogP) is 2.85. The fraction of sp³-hybridized carbons (Fsp3) is 0.400. The Hall–Kier alpha value is -1.81. The van der Waals surface area contributed by atoms with Crippen molar-refractivity contribution in [2.45, 2.75) is 32.7 Å². The first kappa shape index (κ1) is 13.6. The van der Waals surface area contributed by atoms with Crippen molar-refractivity contribution in [1.29, 1.82) is 0 Å². The zero-order valence-electron chi connectivity index (χ0n) is 11.8. The lowest BCUT2D eigenvalue weighted by molar-refractivity contribution is 0.406. The first-order valence-electron chi connectivity index (χ1n) is 6.64. The number of ether oxygens (including phenoxy) is 1. The molecule has 0 bridgehead atoms. The predicted molar refractivity (Wildman–Crippen MR) is 76.7 cm³/mol. The van der Waals surface area contributed by atoms with Crippen LogP contribution < -0.4 is 10.5 Å². The molecule has 1 heterocycles. The summed E-state index contributed by atoms with van der Waals surface area (Å²) < 4.78 is 7.53. The van der Waals surface area contributed by atoms with E-state index < -0.39 is 0 Å². The van der Waals surface area contributed by atoms with Crippen molar-refractivity contribution >= 4 is 0 Å². The third kappa shape index (κ3) is 2.63. The second kappa shape index (κ2) is 5.89. The van der Waals surface area contributed by atoms with Gasteiger partial charge in [0.15, 0.2) is 0 Å². The molecule has 0 fully saturated rings. The maximum absolute atomic E-state index is 6.11. The van der Waals surface area contributed by atoms with Crippen LogP contribution in [0.5, 0.6) is 5.75 Å². The number of rotatable bonds is 5. The molecule has 0 unspecified atom stereocenters. The van der Waals surface area contributed by atoms with Crippen LogP contribution in [0, 0.1) is 0 Å². The van der Waals surface area contributed by atoms with E-state index in [4.69, 9.17) is 10.5 Å². The average Bonchev–Trinajstić information content (AvgIpc) is 2.86. The fourth-order valence-electron chi connectivity index (χ4n) is 2.34. The summed E-state index contributed by atoms with van der Waals surface area (Å²) >= 11 is 0. The van der Waals surface area contributed by atoms with E-state index in [1.54, 1.807) is 7.11 Å². The molecular weight excluding hydrogens is 238 g/mol. The summed E-state index contributed by atoms with van der Waals surface area (Å²) in [5.41, 5.74) is 8.17. The molecule has 0 aliphatic heterocycles. The zero-order chi connectivity index (χ0) is 13.8. The minimum Gasteiger partial charge on any atom is -0.496 e. The number of aromatic nitrogens is 2. The van der Waals surface area contributed by atoms with Gasteiger partial charge >= 0.3 is 0 Å². The molecule has 0 aliphatic carbocycles. The summed E-state index contributed by atoms with van der Waals surface area (Å²) in [6.45, 7) is 4.12. The third-order valence-electron chi connectivity index (χ3n) is 3.17. The second-order valence-electron chi connectivity index (χ2n) is 4.65. The number of benzene rings is 1. The Morgan fingerprint density at radius 2 is 2.21 bits per heavy atom. The van der Waals surface area contributed by atoms with Gasteiger partial charge in [0.05, 0.1) is 12.8 Å². The van der Waals surface area contributed by atoms with E-state index in [1.807, 2.05) is 31.5 Å². The van der Waals surface area contributed by atoms with Crippen LogP contribution in [-0.4, -0.2) is 16.7 Å². The Morgan fingerprint density at radius 1 is 1.42 bits per heavy atom. The Kier molecular flexibility index (Phi) is 4.22. The molecule has 1 atom stereocenters. The number of nitrogens with two attached hydrogens (primary N) is 1. The van der Waals surface area contributed by atoms with E-state index in [2.05, 4.69) is 22.5 Å². The minimum absolute atomic E-state index is 0.0944. The molecule has 0 aliphatic rings. The van der Waals surface area contributed by atoms with Gasteiger partial charge in [-0.1, -0.05) is 13.0 Å². The summed E-state index contributed by atoms with van der Waals surface area (Å²) in [4.78, 5) is 4.42. The summed E-state index contributed by atoms with van der Waals surface area (Å²) in [6.07, 6.45) is 5.82. The molecule has 4 nitrogen and oxygen atoms in total. The highest BCUT2D eigenvalue weighted by Gasteiger charge is 2.16. The SMILES string of the molecule is CCCc1nccn1-c1cccc(OC)c1[C@@H](C)N. The third-order valence-corrected chi connectivity index (χ3v) is 3.17. The van der Waals surface area contributed by atoms with Crippen LogP contribution in [0.4, 0.5) is 0 Å².